The molecule has 0 radical (unpaired) electrons. The average molecular weight is 276 g/mol. The first-order valence-corrected chi connectivity index (χ1v) is 6.89. The predicted molar refractivity (Wildman–Crippen MR) is 75.0 cm³/mol. The maximum Gasteiger partial charge on any atom is 0.309 e. The van der Waals surface area contributed by atoms with Crippen LogP contribution in [0.25, 0.3) is 0 Å². The zero-order valence-corrected chi connectivity index (χ0v) is 11.6. The molecule has 1 aromatic carbocycles. The lowest BCUT2D eigenvalue weighted by Gasteiger charge is -2.11. The minimum atomic E-state index is -0.605. The Bertz CT molecular complexity index is 482. The molecule has 5 nitrogen and oxygen atoms in total. The number of ether oxygens (including phenoxy) is 1. The molecular formula is C15H20N2O3. The van der Waals surface area contributed by atoms with Crippen LogP contribution in [0.4, 0.5) is 0 Å². The van der Waals surface area contributed by atoms with Crippen LogP contribution in [0.2, 0.25) is 0 Å². The van der Waals surface area contributed by atoms with E-state index >= 15 is 0 Å². The molecular weight excluding hydrogens is 256 g/mol. The minimum Gasteiger partial charge on any atom is -0.376 e. The number of nitrogens with one attached hydrogen (secondary N) is 2. The molecule has 108 valence electrons. The van der Waals surface area contributed by atoms with E-state index in [1.165, 1.54) is 0 Å². The van der Waals surface area contributed by atoms with Crippen LogP contribution >= 0.6 is 0 Å². The van der Waals surface area contributed by atoms with Gasteiger partial charge in [0.1, 0.15) is 0 Å². The largest absolute Gasteiger partial charge is 0.376 e. The number of carbonyl (C=O) groups is 2. The highest BCUT2D eigenvalue weighted by Gasteiger charge is 2.19. The Balaban J connectivity index is 1.73. The Hall–Kier alpha value is -1.88. The number of carbonyl (C=O) groups excluding carboxylic acids is 2. The van der Waals surface area contributed by atoms with Crippen molar-refractivity contribution in [3.63, 3.8) is 0 Å². The summed E-state index contributed by atoms with van der Waals surface area (Å²) in [5.74, 6) is -1.21. The third-order valence-electron chi connectivity index (χ3n) is 3.42. The molecule has 1 fully saturated rings. The Morgan fingerprint density at radius 1 is 1.25 bits per heavy atom. The maximum absolute atomic E-state index is 11.7. The number of amides is 2. The Labute approximate surface area is 118 Å². The normalized spacial score (nSPS) is 17.8. The van der Waals surface area contributed by atoms with Gasteiger partial charge in [-0.25, -0.2) is 0 Å². The summed E-state index contributed by atoms with van der Waals surface area (Å²) in [6, 6.07) is 7.75. The van der Waals surface area contributed by atoms with Gasteiger partial charge in [0.2, 0.25) is 0 Å². The topological polar surface area (TPSA) is 67.4 Å². The van der Waals surface area contributed by atoms with Gasteiger partial charge in [0.05, 0.1) is 6.10 Å². The summed E-state index contributed by atoms with van der Waals surface area (Å²) >= 11 is 0. The van der Waals surface area contributed by atoms with Crippen molar-refractivity contribution >= 4 is 11.8 Å². The van der Waals surface area contributed by atoms with Gasteiger partial charge in [-0.05, 0) is 30.9 Å². The molecule has 0 bridgehead atoms. The van der Waals surface area contributed by atoms with Crippen LogP contribution in [0.5, 0.6) is 0 Å². The Morgan fingerprint density at radius 3 is 2.70 bits per heavy atom. The number of benzene rings is 1. The molecule has 0 spiro atoms. The molecule has 1 aliphatic heterocycles. The molecule has 1 atom stereocenters. The molecule has 2 amide bonds. The molecule has 2 N–H and O–H groups in total. The van der Waals surface area contributed by atoms with Gasteiger partial charge in [0.25, 0.3) is 0 Å². The van der Waals surface area contributed by atoms with Crippen LogP contribution in [0, 0.1) is 6.92 Å². The fourth-order valence-corrected chi connectivity index (χ4v) is 2.16. The third-order valence-corrected chi connectivity index (χ3v) is 3.42. The first-order valence-electron chi connectivity index (χ1n) is 6.89. The lowest BCUT2D eigenvalue weighted by Crippen LogP contribution is -2.42. The van der Waals surface area contributed by atoms with Gasteiger partial charge in [-0.3, -0.25) is 9.59 Å². The molecule has 0 saturated carbocycles. The quantitative estimate of drug-likeness (QED) is 0.803. The van der Waals surface area contributed by atoms with E-state index in [9.17, 15) is 9.59 Å². The van der Waals surface area contributed by atoms with Gasteiger partial charge in [0.15, 0.2) is 0 Å². The van der Waals surface area contributed by atoms with Crippen molar-refractivity contribution in [2.24, 2.45) is 0 Å². The zero-order valence-electron chi connectivity index (χ0n) is 11.6. The second-order valence-corrected chi connectivity index (χ2v) is 4.95. The van der Waals surface area contributed by atoms with Crippen molar-refractivity contribution in [3.05, 3.63) is 35.4 Å². The van der Waals surface area contributed by atoms with Crippen molar-refractivity contribution in [2.75, 3.05) is 13.2 Å². The summed E-state index contributed by atoms with van der Waals surface area (Å²) in [5, 5.41) is 5.22. The molecule has 1 heterocycles. The standard InChI is InChI=1S/C15H20N2O3/c1-11-5-2-3-6-12(11)9-16-14(18)15(19)17-10-13-7-4-8-20-13/h2-3,5-6,13H,4,7-10H2,1H3,(H,16,18)(H,17,19)/t13-/m0/s1. The van der Waals surface area contributed by atoms with E-state index in [1.807, 2.05) is 31.2 Å². The first-order chi connectivity index (χ1) is 9.66. The highest BCUT2D eigenvalue weighted by Crippen LogP contribution is 2.10. The SMILES string of the molecule is Cc1ccccc1CNC(=O)C(=O)NC[C@@H]1CCCO1. The van der Waals surface area contributed by atoms with Crippen LogP contribution in [0.15, 0.2) is 24.3 Å². The Morgan fingerprint density at radius 2 is 2.00 bits per heavy atom. The van der Waals surface area contributed by atoms with E-state index < -0.39 is 11.8 Å². The summed E-state index contributed by atoms with van der Waals surface area (Å²) in [6.45, 7) is 3.47. The van der Waals surface area contributed by atoms with Crippen LogP contribution in [0.3, 0.4) is 0 Å². The highest BCUT2D eigenvalue weighted by atomic mass is 16.5. The van der Waals surface area contributed by atoms with Crippen molar-refractivity contribution < 1.29 is 14.3 Å². The van der Waals surface area contributed by atoms with Crippen molar-refractivity contribution in [3.8, 4) is 0 Å². The van der Waals surface area contributed by atoms with Gasteiger partial charge in [-0.2, -0.15) is 0 Å². The van der Waals surface area contributed by atoms with Crippen LogP contribution in [-0.2, 0) is 20.9 Å². The van der Waals surface area contributed by atoms with Crippen molar-refractivity contribution in [1.29, 1.82) is 0 Å². The van der Waals surface area contributed by atoms with Gasteiger partial charge in [-0.1, -0.05) is 24.3 Å². The lowest BCUT2D eigenvalue weighted by atomic mass is 10.1. The third kappa shape index (κ3) is 4.06. The highest BCUT2D eigenvalue weighted by molar-refractivity contribution is 6.35. The molecule has 1 aromatic rings. The van der Waals surface area contributed by atoms with E-state index in [1.54, 1.807) is 0 Å². The second kappa shape index (κ2) is 7.05. The molecule has 1 saturated heterocycles. The molecule has 1 aliphatic rings. The van der Waals surface area contributed by atoms with Gasteiger partial charge < -0.3 is 15.4 Å². The van der Waals surface area contributed by atoms with E-state index in [0.29, 0.717) is 13.1 Å². The van der Waals surface area contributed by atoms with Gasteiger partial charge in [0, 0.05) is 19.7 Å². The fourth-order valence-electron chi connectivity index (χ4n) is 2.16. The average Bonchev–Trinajstić information content (AvgIpc) is 2.97. The van der Waals surface area contributed by atoms with Crippen LogP contribution in [0.1, 0.15) is 24.0 Å². The van der Waals surface area contributed by atoms with Crippen molar-refractivity contribution in [2.45, 2.75) is 32.4 Å². The summed E-state index contributed by atoms with van der Waals surface area (Å²) in [7, 11) is 0. The molecule has 20 heavy (non-hydrogen) atoms. The molecule has 0 aromatic heterocycles. The van der Waals surface area contributed by atoms with Gasteiger partial charge >= 0.3 is 11.8 Å². The molecule has 5 heteroatoms. The monoisotopic (exact) mass is 276 g/mol. The molecule has 0 aliphatic carbocycles. The number of hydrogen-bond acceptors (Lipinski definition) is 3. The second-order valence-electron chi connectivity index (χ2n) is 4.95. The molecule has 2 rings (SSSR count). The fraction of sp³-hybridized carbons (Fsp3) is 0.467. The number of aryl methyl sites for hydroxylation is 1. The lowest BCUT2D eigenvalue weighted by molar-refractivity contribution is -0.139. The summed E-state index contributed by atoms with van der Waals surface area (Å²) in [4.78, 5) is 23.3. The van der Waals surface area contributed by atoms with E-state index in [4.69, 9.17) is 4.74 Å². The summed E-state index contributed by atoms with van der Waals surface area (Å²) < 4.78 is 5.38. The van der Waals surface area contributed by atoms with Crippen LogP contribution < -0.4 is 10.6 Å². The maximum atomic E-state index is 11.7. The number of rotatable bonds is 4. The minimum absolute atomic E-state index is 0.0446. The van der Waals surface area contributed by atoms with Gasteiger partial charge in [-0.15, -0.1) is 0 Å². The predicted octanol–water partition coefficient (Wildman–Crippen LogP) is 0.906. The molecule has 0 unspecified atom stereocenters. The Kier molecular flexibility index (Phi) is 5.12. The first kappa shape index (κ1) is 14.5. The van der Waals surface area contributed by atoms with Crippen molar-refractivity contribution in [1.82, 2.24) is 10.6 Å². The smallest absolute Gasteiger partial charge is 0.309 e. The summed E-state index contributed by atoms with van der Waals surface area (Å²) in [6.07, 6.45) is 1.99. The number of hydrogen-bond donors (Lipinski definition) is 2. The van der Waals surface area contributed by atoms with Crippen LogP contribution in [-0.4, -0.2) is 31.1 Å². The zero-order chi connectivity index (χ0) is 14.4. The van der Waals surface area contributed by atoms with E-state index in [-0.39, 0.29) is 6.10 Å². The van der Waals surface area contributed by atoms with E-state index in [2.05, 4.69) is 10.6 Å². The summed E-state index contributed by atoms with van der Waals surface area (Å²) in [5.41, 5.74) is 2.10. The van der Waals surface area contributed by atoms with E-state index in [0.717, 1.165) is 30.6 Å².